The Hall–Kier alpha value is -2.59. The van der Waals surface area contributed by atoms with Gasteiger partial charge in [0.05, 0.1) is 5.52 Å². The third-order valence-corrected chi connectivity index (χ3v) is 4.70. The van der Waals surface area contributed by atoms with Crippen molar-refractivity contribution < 1.29 is 4.79 Å². The standard InChI is InChI=1S/C19H15ClN2O2/c20-12-6-4-11(5-7-12)18(23)21-13-8-9-15-14-2-1-3-16(14)19(24)22-17(15)10-13/h4-10H,1-3H2,(H,21,23)(H,22,24). The molecular formula is C19H15ClN2O2. The molecule has 4 rings (SSSR count). The number of amides is 1. The Balaban J connectivity index is 1.68. The van der Waals surface area contributed by atoms with Crippen LogP contribution in [0, 0.1) is 0 Å². The van der Waals surface area contributed by atoms with E-state index in [1.165, 1.54) is 0 Å². The van der Waals surface area contributed by atoms with E-state index in [1.54, 1.807) is 24.3 Å². The summed E-state index contributed by atoms with van der Waals surface area (Å²) >= 11 is 5.84. The summed E-state index contributed by atoms with van der Waals surface area (Å²) in [6.45, 7) is 0. The highest BCUT2D eigenvalue weighted by atomic mass is 35.5. The summed E-state index contributed by atoms with van der Waals surface area (Å²) in [4.78, 5) is 27.4. The number of carbonyl (C=O) groups excluding carboxylic acids is 1. The van der Waals surface area contributed by atoms with Crippen LogP contribution in [0.1, 0.15) is 27.9 Å². The first-order chi connectivity index (χ1) is 11.6. The van der Waals surface area contributed by atoms with Gasteiger partial charge in [-0.05, 0) is 61.2 Å². The van der Waals surface area contributed by atoms with E-state index in [2.05, 4.69) is 10.3 Å². The molecule has 0 saturated carbocycles. The Morgan fingerprint density at radius 1 is 1.04 bits per heavy atom. The average molecular weight is 339 g/mol. The summed E-state index contributed by atoms with van der Waals surface area (Å²) in [5, 5.41) is 4.50. The molecule has 24 heavy (non-hydrogen) atoms. The molecule has 1 amide bonds. The number of hydrogen-bond donors (Lipinski definition) is 2. The molecule has 2 N–H and O–H groups in total. The number of nitrogens with one attached hydrogen (secondary N) is 2. The van der Waals surface area contributed by atoms with Crippen molar-refractivity contribution in [2.24, 2.45) is 0 Å². The fourth-order valence-corrected chi connectivity index (χ4v) is 3.41. The molecule has 120 valence electrons. The van der Waals surface area contributed by atoms with Gasteiger partial charge in [0.1, 0.15) is 0 Å². The van der Waals surface area contributed by atoms with Crippen LogP contribution in [0.4, 0.5) is 5.69 Å². The van der Waals surface area contributed by atoms with E-state index in [1.807, 2.05) is 18.2 Å². The quantitative estimate of drug-likeness (QED) is 0.744. The smallest absolute Gasteiger partial charge is 0.255 e. The summed E-state index contributed by atoms with van der Waals surface area (Å²) in [6, 6.07) is 12.3. The lowest BCUT2D eigenvalue weighted by atomic mass is 10.1. The lowest BCUT2D eigenvalue weighted by Crippen LogP contribution is -2.14. The number of pyridine rings is 1. The van der Waals surface area contributed by atoms with Crippen LogP contribution in [-0.2, 0) is 12.8 Å². The molecule has 1 heterocycles. The van der Waals surface area contributed by atoms with E-state index >= 15 is 0 Å². The Morgan fingerprint density at radius 2 is 1.79 bits per heavy atom. The second kappa shape index (κ2) is 5.80. The fourth-order valence-electron chi connectivity index (χ4n) is 3.28. The Morgan fingerprint density at radius 3 is 2.58 bits per heavy atom. The minimum absolute atomic E-state index is 0.0174. The van der Waals surface area contributed by atoms with E-state index in [-0.39, 0.29) is 11.5 Å². The maximum Gasteiger partial charge on any atom is 0.255 e. The fraction of sp³-hybridized carbons (Fsp3) is 0.158. The van der Waals surface area contributed by atoms with Crippen molar-refractivity contribution in [2.45, 2.75) is 19.3 Å². The van der Waals surface area contributed by atoms with Gasteiger partial charge in [-0.2, -0.15) is 0 Å². The zero-order valence-electron chi connectivity index (χ0n) is 12.9. The van der Waals surface area contributed by atoms with Crippen molar-refractivity contribution in [3.63, 3.8) is 0 Å². The van der Waals surface area contributed by atoms with Crippen molar-refractivity contribution in [3.05, 3.63) is 74.5 Å². The Kier molecular flexibility index (Phi) is 3.62. The molecule has 3 aromatic rings. The third-order valence-electron chi connectivity index (χ3n) is 4.45. The molecule has 0 fully saturated rings. The van der Waals surface area contributed by atoms with Crippen molar-refractivity contribution in [1.82, 2.24) is 4.98 Å². The summed E-state index contributed by atoms with van der Waals surface area (Å²) in [5.74, 6) is -0.213. The molecule has 0 spiro atoms. The first-order valence-electron chi connectivity index (χ1n) is 7.86. The van der Waals surface area contributed by atoms with Gasteiger partial charge in [0, 0.05) is 27.2 Å². The van der Waals surface area contributed by atoms with Gasteiger partial charge in [-0.1, -0.05) is 17.7 Å². The second-order valence-corrected chi connectivity index (χ2v) is 6.42. The van der Waals surface area contributed by atoms with E-state index in [0.29, 0.717) is 16.3 Å². The number of hydrogen-bond acceptors (Lipinski definition) is 2. The zero-order valence-corrected chi connectivity index (χ0v) is 13.6. The van der Waals surface area contributed by atoms with E-state index in [0.717, 1.165) is 41.3 Å². The van der Waals surface area contributed by atoms with E-state index in [4.69, 9.17) is 11.6 Å². The summed E-state index contributed by atoms with van der Waals surface area (Å²) in [5.41, 5.74) is 3.97. The first kappa shape index (κ1) is 15.0. The van der Waals surface area contributed by atoms with Gasteiger partial charge in [0.2, 0.25) is 0 Å². The van der Waals surface area contributed by atoms with E-state index in [9.17, 15) is 9.59 Å². The molecule has 1 aromatic heterocycles. The molecule has 0 unspecified atom stereocenters. The third kappa shape index (κ3) is 2.59. The number of fused-ring (bicyclic) bond motifs is 3. The largest absolute Gasteiger partial charge is 0.322 e. The number of halogens is 1. The molecular weight excluding hydrogens is 324 g/mol. The van der Waals surface area contributed by atoms with Gasteiger partial charge in [0.15, 0.2) is 0 Å². The van der Waals surface area contributed by atoms with Crippen LogP contribution in [0.3, 0.4) is 0 Å². The zero-order chi connectivity index (χ0) is 16.7. The van der Waals surface area contributed by atoms with Crippen LogP contribution in [0.5, 0.6) is 0 Å². The van der Waals surface area contributed by atoms with E-state index < -0.39 is 0 Å². The van der Waals surface area contributed by atoms with Gasteiger partial charge < -0.3 is 10.3 Å². The number of aromatic nitrogens is 1. The normalized spacial score (nSPS) is 13.0. The number of benzene rings is 2. The van der Waals surface area contributed by atoms with Crippen LogP contribution in [-0.4, -0.2) is 10.9 Å². The highest BCUT2D eigenvalue weighted by Gasteiger charge is 2.18. The Labute approximate surface area is 143 Å². The highest BCUT2D eigenvalue weighted by molar-refractivity contribution is 6.30. The van der Waals surface area contributed by atoms with Gasteiger partial charge in [0.25, 0.3) is 11.5 Å². The lowest BCUT2D eigenvalue weighted by molar-refractivity contribution is 0.102. The van der Waals surface area contributed by atoms with Crippen LogP contribution >= 0.6 is 11.6 Å². The number of H-pyrrole nitrogens is 1. The van der Waals surface area contributed by atoms with Crippen LogP contribution < -0.4 is 10.9 Å². The monoisotopic (exact) mass is 338 g/mol. The summed E-state index contributed by atoms with van der Waals surface area (Å²) in [6.07, 6.45) is 2.80. The minimum Gasteiger partial charge on any atom is -0.322 e. The molecule has 0 saturated heterocycles. The van der Waals surface area contributed by atoms with Crippen molar-refractivity contribution >= 4 is 34.1 Å². The van der Waals surface area contributed by atoms with Gasteiger partial charge in [-0.3, -0.25) is 9.59 Å². The molecule has 0 atom stereocenters. The van der Waals surface area contributed by atoms with Gasteiger partial charge >= 0.3 is 0 Å². The SMILES string of the molecule is O=C(Nc1ccc2c3c(c(=O)[nH]c2c1)CCC3)c1ccc(Cl)cc1. The number of aromatic amines is 1. The molecule has 0 bridgehead atoms. The van der Waals surface area contributed by atoms with Gasteiger partial charge in [-0.25, -0.2) is 0 Å². The number of carbonyl (C=O) groups is 1. The van der Waals surface area contributed by atoms with Crippen LogP contribution in [0.2, 0.25) is 5.02 Å². The molecule has 5 heteroatoms. The predicted octanol–water partition coefficient (Wildman–Crippen LogP) is 3.92. The lowest BCUT2D eigenvalue weighted by Gasteiger charge is -2.09. The molecule has 4 nitrogen and oxygen atoms in total. The molecule has 0 radical (unpaired) electrons. The van der Waals surface area contributed by atoms with Crippen molar-refractivity contribution in [2.75, 3.05) is 5.32 Å². The molecule has 0 aliphatic heterocycles. The van der Waals surface area contributed by atoms with Crippen molar-refractivity contribution in [1.29, 1.82) is 0 Å². The number of rotatable bonds is 2. The second-order valence-electron chi connectivity index (χ2n) is 5.99. The van der Waals surface area contributed by atoms with Crippen LogP contribution in [0.25, 0.3) is 10.9 Å². The highest BCUT2D eigenvalue weighted by Crippen LogP contribution is 2.27. The maximum absolute atomic E-state index is 12.3. The average Bonchev–Trinajstić information content (AvgIpc) is 3.06. The number of aryl methyl sites for hydroxylation is 1. The van der Waals surface area contributed by atoms with Crippen molar-refractivity contribution in [3.8, 4) is 0 Å². The topological polar surface area (TPSA) is 62.0 Å². The molecule has 1 aliphatic rings. The number of anilines is 1. The van der Waals surface area contributed by atoms with Gasteiger partial charge in [-0.15, -0.1) is 0 Å². The maximum atomic E-state index is 12.3. The predicted molar refractivity (Wildman–Crippen MR) is 96.0 cm³/mol. The minimum atomic E-state index is -0.213. The molecule has 1 aliphatic carbocycles. The van der Waals surface area contributed by atoms with Crippen LogP contribution in [0.15, 0.2) is 47.3 Å². The summed E-state index contributed by atoms with van der Waals surface area (Å²) < 4.78 is 0. The first-order valence-corrected chi connectivity index (χ1v) is 8.24. The Bertz CT molecular complexity index is 1010. The summed E-state index contributed by atoms with van der Waals surface area (Å²) in [7, 11) is 0. The molecule has 2 aromatic carbocycles.